The van der Waals surface area contributed by atoms with Gasteiger partial charge in [-0.25, -0.2) is 4.79 Å². The molecule has 21 aliphatic rings. The highest BCUT2D eigenvalue weighted by Gasteiger charge is 3.01. The van der Waals surface area contributed by atoms with Crippen molar-refractivity contribution in [1.29, 1.82) is 0 Å². The number of ketones is 1. The number of Topliss-reactive ketones (excluding diaryl/α,β-unsaturated/α-hetero) is 1. The smallest absolute Gasteiger partial charge is 0.339 e. The van der Waals surface area contributed by atoms with Crippen LogP contribution in [0.15, 0.2) is 107 Å². The first-order valence-electron chi connectivity index (χ1n) is 39.5. The number of furan rings is 1. The fourth-order valence-electron chi connectivity index (χ4n) is 32.9. The predicted octanol–water partition coefficient (Wildman–Crippen LogP) is 11.5. The van der Waals surface area contributed by atoms with Crippen LogP contribution in [0.25, 0.3) is 0 Å². The Bertz CT molecular complexity index is 4080. The molecule has 98 heavy (non-hydrogen) atoms. The van der Waals surface area contributed by atoms with Crippen LogP contribution in [-0.4, -0.2) is 106 Å². The number of epoxide rings is 1. The van der Waals surface area contributed by atoms with Gasteiger partial charge >= 0.3 is 11.9 Å². The van der Waals surface area contributed by atoms with E-state index in [1.807, 2.05) is 6.07 Å². The number of esters is 2. The van der Waals surface area contributed by atoms with Crippen molar-refractivity contribution in [1.82, 2.24) is 10.2 Å². The molecule has 23 rings (SSSR count). The average Bonchev–Trinajstić information content (AvgIpc) is 1.40. The molecule has 7 aliphatic heterocycles. The molecule has 0 amide bonds. The predicted molar refractivity (Wildman–Crippen MR) is 359 cm³/mol. The molecule has 8 spiro atoms. The van der Waals surface area contributed by atoms with Crippen molar-refractivity contribution in [2.45, 2.75) is 201 Å². The van der Waals surface area contributed by atoms with Crippen molar-refractivity contribution in [2.24, 2.45) is 139 Å². The Kier molecular flexibility index (Phi) is 11.8. The van der Waals surface area contributed by atoms with Gasteiger partial charge in [0.25, 0.3) is 0 Å². The van der Waals surface area contributed by atoms with Crippen LogP contribution in [0.1, 0.15) is 159 Å². The molecule has 13 heteroatoms. The summed E-state index contributed by atoms with van der Waals surface area (Å²) in [6.07, 6.45) is 38.9. The van der Waals surface area contributed by atoms with Gasteiger partial charge in [0.05, 0.1) is 54.9 Å². The van der Waals surface area contributed by atoms with E-state index in [2.05, 4.69) is 108 Å². The summed E-state index contributed by atoms with van der Waals surface area (Å²) in [5, 5.41) is 42.7. The van der Waals surface area contributed by atoms with E-state index in [4.69, 9.17) is 18.6 Å². The minimum Gasteiger partial charge on any atom is -0.469 e. The first-order chi connectivity index (χ1) is 47.7. The SMILES string of the molecule is C[C@]12C[C@H]3C[C@@]45CC6(CCCC6)C[C@@H]4CC4=C[C@@H]6[C@@]78C=C[C@H]9CCC[C@H]9[C@@H]7CC=C7C=C[C@H](C[C@H]78)[C@]67O[C@]46[C@H]5C(=O)OC[C@@]64[C@@H]7C(=O)[C@@H](O)[C@@]5([C@H]34)[C@H]3C[C@@H](Cc4ccccc4)CC[C@H]3C#CC[C@@]1(c1ccoc1C[C@@H]([C@@H]1CC[C@H]3[C@H](C=CN4CNC[C@H]34)C1)[C@H](O)CO)OC(=O)[C@H]1O[C@@]152. The van der Waals surface area contributed by atoms with E-state index >= 15 is 19.5 Å². The zero-order chi connectivity index (χ0) is 65.3. The lowest BCUT2D eigenvalue weighted by Crippen LogP contribution is -2.84. The highest BCUT2D eigenvalue weighted by molar-refractivity contribution is 5.95. The largest absolute Gasteiger partial charge is 0.469 e. The van der Waals surface area contributed by atoms with Crippen molar-refractivity contribution in [3.63, 3.8) is 0 Å². The van der Waals surface area contributed by atoms with Gasteiger partial charge in [-0.3, -0.25) is 14.9 Å². The van der Waals surface area contributed by atoms with Crippen LogP contribution >= 0.6 is 0 Å². The minimum absolute atomic E-state index is 0.0203. The van der Waals surface area contributed by atoms with Crippen molar-refractivity contribution >= 4 is 17.7 Å². The molecule has 5 saturated heterocycles. The molecule has 10 saturated carbocycles. The quantitative estimate of drug-likeness (QED) is 0.0849. The molecule has 514 valence electrons. The van der Waals surface area contributed by atoms with Gasteiger partial charge in [0.2, 0.25) is 0 Å². The van der Waals surface area contributed by atoms with Crippen molar-refractivity contribution in [2.75, 3.05) is 26.4 Å². The molecule has 31 atom stereocenters. The molecule has 4 N–H and O–H groups in total. The Hall–Kier alpha value is -5.07. The fraction of sp³-hybridized carbons (Fsp3) is 0.706. The third kappa shape index (κ3) is 6.48. The van der Waals surface area contributed by atoms with Crippen LogP contribution in [0.2, 0.25) is 0 Å². The number of hydrogen-bond donors (Lipinski definition) is 4. The number of aliphatic hydroxyl groups is 3. The lowest BCUT2D eigenvalue weighted by Gasteiger charge is -2.74. The van der Waals surface area contributed by atoms with Gasteiger partial charge in [-0.05, 0) is 232 Å². The molecule has 2 aromatic rings. The van der Waals surface area contributed by atoms with Crippen molar-refractivity contribution < 1.29 is 53.1 Å². The van der Waals surface area contributed by atoms with Gasteiger partial charge in [0, 0.05) is 58.6 Å². The van der Waals surface area contributed by atoms with Gasteiger partial charge in [-0.15, -0.1) is 0 Å². The molecule has 11 bridgehead atoms. The van der Waals surface area contributed by atoms with Crippen LogP contribution in [0.5, 0.6) is 0 Å². The zero-order valence-corrected chi connectivity index (χ0v) is 57.0. The first-order valence-corrected chi connectivity index (χ1v) is 39.5. The monoisotopic (exact) mass is 1320 g/mol. The van der Waals surface area contributed by atoms with Gasteiger partial charge in [-0.1, -0.05) is 111 Å². The van der Waals surface area contributed by atoms with Crippen LogP contribution in [-0.2, 0) is 51.8 Å². The topological polar surface area (TPSA) is 181 Å². The lowest BCUT2D eigenvalue weighted by molar-refractivity contribution is -0.315. The highest BCUT2D eigenvalue weighted by atomic mass is 16.7. The summed E-state index contributed by atoms with van der Waals surface area (Å²) in [6.45, 7) is 3.79. The van der Waals surface area contributed by atoms with Crippen molar-refractivity contribution in [3.05, 3.63) is 119 Å². The maximum atomic E-state index is 18.6. The van der Waals surface area contributed by atoms with E-state index in [1.165, 1.54) is 48.8 Å². The van der Waals surface area contributed by atoms with Gasteiger partial charge in [0.1, 0.15) is 29.7 Å². The molecule has 1 aromatic carbocycles. The maximum Gasteiger partial charge on any atom is 0.339 e. The normalized spacial score (nSPS) is 54.1. The number of cyclic esters (lactones) is 1. The molecule has 0 unspecified atom stereocenters. The van der Waals surface area contributed by atoms with Crippen LogP contribution in [0.3, 0.4) is 0 Å². The Morgan fingerprint density at radius 1 is 0.888 bits per heavy atom. The van der Waals surface area contributed by atoms with E-state index in [9.17, 15) is 14.9 Å². The van der Waals surface area contributed by atoms with Crippen LogP contribution in [0, 0.1) is 151 Å². The molecule has 13 nitrogen and oxygen atoms in total. The van der Waals surface area contributed by atoms with Crippen LogP contribution < -0.4 is 5.32 Å². The summed E-state index contributed by atoms with van der Waals surface area (Å²) >= 11 is 0. The zero-order valence-electron chi connectivity index (χ0n) is 57.0. The van der Waals surface area contributed by atoms with E-state index in [0.29, 0.717) is 60.7 Å². The Morgan fingerprint density at radius 2 is 1.78 bits per heavy atom. The summed E-state index contributed by atoms with van der Waals surface area (Å²) in [5.74, 6) is 7.02. The van der Waals surface area contributed by atoms with Crippen LogP contribution in [0.4, 0.5) is 0 Å². The van der Waals surface area contributed by atoms with E-state index in [-0.39, 0.29) is 88.9 Å². The van der Waals surface area contributed by atoms with Gasteiger partial charge in [-0.2, -0.15) is 0 Å². The summed E-state index contributed by atoms with van der Waals surface area (Å²) < 4.78 is 39.0. The molecular formula is C85H98N2O11. The van der Waals surface area contributed by atoms with Gasteiger partial charge < -0.3 is 43.6 Å². The number of ether oxygens (including phenoxy) is 4. The minimum atomic E-state index is -1.60. The summed E-state index contributed by atoms with van der Waals surface area (Å²) in [7, 11) is 0. The number of nitrogens with zero attached hydrogens (tertiary/aromatic N) is 1. The summed E-state index contributed by atoms with van der Waals surface area (Å²) in [5.41, 5.74) is -5.28. The Labute approximate surface area is 576 Å². The average molecular weight is 1320 g/mol. The number of carbonyl (C=O) groups excluding carboxylic acids is 3. The lowest BCUT2D eigenvalue weighted by atomic mass is 9.28. The molecule has 14 aliphatic carbocycles. The number of carbonyl (C=O) groups is 3. The van der Waals surface area contributed by atoms with E-state index in [0.717, 1.165) is 109 Å². The second kappa shape index (κ2) is 19.4. The fourth-order valence-corrected chi connectivity index (χ4v) is 32.9. The summed E-state index contributed by atoms with van der Waals surface area (Å²) in [4.78, 5) is 54.3. The standard InChI is InChI=1S/C85H98N2O11/c1-76-38-53-39-78-43-77(25-5-6-26-77)40-56(78)34-55-36-67-79-28-22-48-11-7-13-57(48)60(79)21-18-50-16-19-54(35-62(50)79)83(67)70-68(90)72(91)82(69(53)80(70)44-95-74(92)71(78)84(55,80)98-83)63-32-47(31-46-9-3-2-4-10-46)14-15-49(63)12-8-27-81(76,97-75(93)73-85(76,82)96-73)61-24-30-94-66(61)37-59(65(89)42-88)51-17-20-58-52(33-51)23-29-87-45-86-41-64(58)87/h2-4,9-10,16,18-19,22-24,28-30,36,47-49,51-54,56-60,62-65,67,69-73,86,88-89,91H,5-7,11,13-15,17,20-21,25-27,31-35,37-45H2,1H3/t47-,48-,49-,51-,52-,53+,54-,56+,57-,58+,59+,60+,62-,63+,64-,65-,67-,69-,70+,71+,72-,73-,76+,78-,79+,80-,81+,82+,83+,84+,85-/m1/s1. The highest BCUT2D eigenvalue weighted by Crippen LogP contribution is 2.93. The Morgan fingerprint density at radius 3 is 2.65 bits per heavy atom. The second-order valence-corrected chi connectivity index (χ2v) is 37.6. The molecular weight excluding hydrogens is 1220 g/mol. The molecule has 0 radical (unpaired) electrons. The third-order valence-electron chi connectivity index (χ3n) is 35.3. The number of benzene rings is 1. The Balaban J connectivity index is 0.769. The van der Waals surface area contributed by atoms with Gasteiger partial charge in [0.15, 0.2) is 17.5 Å². The first kappa shape index (κ1) is 59.5. The number of allylic oxidation sites excluding steroid dienone is 6. The number of rotatable bonds is 8. The van der Waals surface area contributed by atoms with E-state index in [1.54, 1.807) is 6.26 Å². The number of aliphatic hydroxyl groups excluding tert-OH is 3. The molecule has 8 heterocycles. The second-order valence-electron chi connectivity index (χ2n) is 37.6. The summed E-state index contributed by atoms with van der Waals surface area (Å²) in [6, 6.07) is 13.3. The maximum absolute atomic E-state index is 18.6. The number of nitrogens with one attached hydrogen (secondary N) is 1. The molecule has 15 fully saturated rings. The van der Waals surface area contributed by atoms with E-state index < -0.39 is 98.6 Å². The molecule has 1 aromatic heterocycles. The third-order valence-corrected chi connectivity index (χ3v) is 35.3. The van der Waals surface area contributed by atoms with Crippen molar-refractivity contribution in [3.8, 4) is 11.8 Å². The number of fused-ring (bicyclic) bond motifs is 7. The number of hydrogen-bond acceptors (Lipinski definition) is 13.